The van der Waals surface area contributed by atoms with Crippen LogP contribution in [0.3, 0.4) is 0 Å². The van der Waals surface area contributed by atoms with Gasteiger partial charge >= 0.3 is 12.4 Å². The Labute approximate surface area is 153 Å². The minimum Gasteiger partial charge on any atom is -0.336 e. The summed E-state index contributed by atoms with van der Waals surface area (Å²) < 4.78 is 93.2. The molecule has 5 nitrogen and oxygen atoms in total. The molecule has 0 aliphatic carbocycles. The summed E-state index contributed by atoms with van der Waals surface area (Å²) in [6, 6.07) is 4.91. The summed E-state index contributed by atoms with van der Waals surface area (Å²) in [5.74, 6) is -1.60. The van der Waals surface area contributed by atoms with E-state index in [1.54, 1.807) is 0 Å². The first-order valence-electron chi connectivity index (χ1n) is 7.98. The fraction of sp³-hybridized carbons (Fsp3) is 0.438. The van der Waals surface area contributed by atoms with Crippen LogP contribution >= 0.6 is 0 Å². The number of rotatable bonds is 2. The zero-order valence-electron chi connectivity index (χ0n) is 14.3. The maximum atomic E-state index is 13.2. The van der Waals surface area contributed by atoms with E-state index in [2.05, 4.69) is 10.3 Å². The number of alkyl halides is 6. The average Bonchev–Trinajstić information content (AvgIpc) is 3.19. The number of amides is 1. The van der Waals surface area contributed by atoms with Gasteiger partial charge in [-0.15, -0.1) is 5.10 Å². The molecule has 152 valence electrons. The van der Waals surface area contributed by atoms with Crippen molar-refractivity contribution in [3.8, 4) is 5.69 Å². The third-order valence-corrected chi connectivity index (χ3v) is 4.81. The van der Waals surface area contributed by atoms with Crippen molar-refractivity contribution in [1.82, 2.24) is 19.9 Å². The molecule has 0 atom stereocenters. The van der Waals surface area contributed by atoms with Crippen LogP contribution in [-0.2, 0) is 0 Å². The fourth-order valence-corrected chi connectivity index (χ4v) is 3.11. The van der Waals surface area contributed by atoms with Crippen LogP contribution in [-0.4, -0.2) is 51.2 Å². The van der Waals surface area contributed by atoms with Gasteiger partial charge in [0, 0.05) is 13.1 Å². The second kappa shape index (κ2) is 6.45. The van der Waals surface area contributed by atoms with E-state index in [4.69, 9.17) is 0 Å². The molecule has 0 saturated carbocycles. The highest BCUT2D eigenvalue weighted by Crippen LogP contribution is 2.55. The van der Waals surface area contributed by atoms with Gasteiger partial charge in [0.05, 0.1) is 11.4 Å². The highest BCUT2D eigenvalue weighted by Gasteiger charge is 2.73. The molecule has 1 aromatic carbocycles. The van der Waals surface area contributed by atoms with Crippen molar-refractivity contribution in [2.75, 3.05) is 13.1 Å². The number of hydrogen-bond donors (Lipinski definition) is 0. The zero-order chi connectivity index (χ0) is 20.9. The second-order valence-corrected chi connectivity index (χ2v) is 6.47. The van der Waals surface area contributed by atoms with Gasteiger partial charge in [0.15, 0.2) is 11.1 Å². The molecule has 1 amide bonds. The Hall–Kier alpha value is -2.66. The number of carbonyl (C=O) groups is 1. The van der Waals surface area contributed by atoms with Crippen molar-refractivity contribution >= 4 is 5.91 Å². The van der Waals surface area contributed by atoms with Crippen LogP contribution < -0.4 is 0 Å². The number of aromatic nitrogens is 3. The lowest BCUT2D eigenvalue weighted by Gasteiger charge is -2.33. The molecule has 0 spiro atoms. The third-order valence-electron chi connectivity index (χ3n) is 4.81. The van der Waals surface area contributed by atoms with Crippen LogP contribution in [0, 0.1) is 18.2 Å². The lowest BCUT2D eigenvalue weighted by molar-refractivity contribution is -0.334. The number of nitrogens with zero attached hydrogens (tertiary/aromatic N) is 4. The third kappa shape index (κ3) is 3.10. The highest BCUT2D eigenvalue weighted by atomic mass is 19.4. The number of likely N-dealkylation sites (tertiary alicyclic amines) is 1. The van der Waals surface area contributed by atoms with Gasteiger partial charge in [0.25, 0.3) is 5.91 Å². The molecule has 28 heavy (non-hydrogen) atoms. The van der Waals surface area contributed by atoms with Gasteiger partial charge < -0.3 is 4.90 Å². The second-order valence-electron chi connectivity index (χ2n) is 6.47. The van der Waals surface area contributed by atoms with E-state index < -0.39 is 49.0 Å². The lowest BCUT2D eigenvalue weighted by atomic mass is 9.85. The zero-order valence-corrected chi connectivity index (χ0v) is 14.3. The molecule has 1 aliphatic heterocycles. The van der Waals surface area contributed by atoms with Gasteiger partial charge in [0.1, 0.15) is 5.82 Å². The Bertz CT molecular complexity index is 872. The normalized spacial score (nSPS) is 17.2. The van der Waals surface area contributed by atoms with Gasteiger partial charge in [-0.2, -0.15) is 26.3 Å². The summed E-state index contributed by atoms with van der Waals surface area (Å²) >= 11 is 0. The first-order valence-corrected chi connectivity index (χ1v) is 7.98. The quantitative estimate of drug-likeness (QED) is 0.710. The number of halogens is 7. The van der Waals surface area contributed by atoms with Gasteiger partial charge in [-0.3, -0.25) is 4.79 Å². The topological polar surface area (TPSA) is 51.0 Å². The fourth-order valence-electron chi connectivity index (χ4n) is 3.11. The SMILES string of the molecule is Cc1c(C(=O)N2CCC(C(F)(F)F)(C(F)(F)F)C2)nnn1-c1ccc(F)cc1. The summed E-state index contributed by atoms with van der Waals surface area (Å²) in [6.45, 7) is -0.879. The van der Waals surface area contributed by atoms with Crippen molar-refractivity contribution < 1.29 is 35.5 Å². The molecular weight excluding hydrogens is 397 g/mol. The van der Waals surface area contributed by atoms with Crippen LogP contribution in [0.5, 0.6) is 0 Å². The van der Waals surface area contributed by atoms with Crippen molar-refractivity contribution in [3.63, 3.8) is 0 Å². The van der Waals surface area contributed by atoms with E-state index in [1.807, 2.05) is 0 Å². The molecule has 0 unspecified atom stereocenters. The predicted molar refractivity (Wildman–Crippen MR) is 81.1 cm³/mol. The Balaban J connectivity index is 1.89. The van der Waals surface area contributed by atoms with Crippen molar-refractivity contribution in [1.29, 1.82) is 0 Å². The number of carbonyl (C=O) groups excluding carboxylic acids is 1. The van der Waals surface area contributed by atoms with Gasteiger partial charge in [0.2, 0.25) is 0 Å². The smallest absolute Gasteiger partial charge is 0.336 e. The van der Waals surface area contributed by atoms with Gasteiger partial charge in [-0.25, -0.2) is 9.07 Å². The molecular formula is C16H13F7N4O. The Morgan fingerprint density at radius 1 is 1.07 bits per heavy atom. The molecule has 0 N–H and O–H groups in total. The molecule has 0 radical (unpaired) electrons. The van der Waals surface area contributed by atoms with Crippen LogP contribution in [0.1, 0.15) is 22.6 Å². The maximum Gasteiger partial charge on any atom is 0.404 e. The molecule has 2 aromatic rings. The van der Waals surface area contributed by atoms with E-state index in [1.165, 1.54) is 19.1 Å². The Morgan fingerprint density at radius 2 is 1.64 bits per heavy atom. The number of hydrogen-bond acceptors (Lipinski definition) is 3. The minimum absolute atomic E-state index is 0.105. The Kier molecular flexibility index (Phi) is 4.63. The van der Waals surface area contributed by atoms with Crippen molar-refractivity contribution in [2.24, 2.45) is 5.41 Å². The van der Waals surface area contributed by atoms with E-state index in [-0.39, 0.29) is 11.4 Å². The molecule has 1 aromatic heterocycles. The summed E-state index contributed by atoms with van der Waals surface area (Å²) in [5.41, 5.74) is -3.92. The van der Waals surface area contributed by atoms with Gasteiger partial charge in [-0.1, -0.05) is 5.21 Å². The van der Waals surface area contributed by atoms with Crippen LogP contribution in [0.4, 0.5) is 30.7 Å². The van der Waals surface area contributed by atoms with Gasteiger partial charge in [-0.05, 0) is 37.6 Å². The summed E-state index contributed by atoms with van der Waals surface area (Å²) in [4.78, 5) is 13.0. The largest absolute Gasteiger partial charge is 0.404 e. The molecule has 1 aliphatic rings. The van der Waals surface area contributed by atoms with E-state index in [9.17, 15) is 35.5 Å². The Morgan fingerprint density at radius 3 is 2.14 bits per heavy atom. The van der Waals surface area contributed by atoms with E-state index in [0.29, 0.717) is 10.6 Å². The molecule has 2 heterocycles. The van der Waals surface area contributed by atoms with Crippen molar-refractivity contribution in [2.45, 2.75) is 25.7 Å². The molecule has 3 rings (SSSR count). The van der Waals surface area contributed by atoms with E-state index in [0.717, 1.165) is 16.8 Å². The monoisotopic (exact) mass is 410 g/mol. The summed E-state index contributed by atoms with van der Waals surface area (Å²) in [7, 11) is 0. The number of benzene rings is 1. The molecule has 0 bridgehead atoms. The molecule has 1 saturated heterocycles. The molecule has 1 fully saturated rings. The van der Waals surface area contributed by atoms with Crippen LogP contribution in [0.25, 0.3) is 5.69 Å². The van der Waals surface area contributed by atoms with Crippen molar-refractivity contribution in [3.05, 3.63) is 41.5 Å². The predicted octanol–water partition coefficient (Wildman–Crippen LogP) is 3.67. The average molecular weight is 410 g/mol. The van der Waals surface area contributed by atoms with Crippen LogP contribution in [0.15, 0.2) is 24.3 Å². The first kappa shape index (κ1) is 20.1. The lowest BCUT2D eigenvalue weighted by Crippen LogP contribution is -2.52. The van der Waals surface area contributed by atoms with Crippen LogP contribution in [0.2, 0.25) is 0 Å². The summed E-state index contributed by atoms with van der Waals surface area (Å²) in [6.07, 6.45) is -12.4. The molecule has 12 heteroatoms. The summed E-state index contributed by atoms with van der Waals surface area (Å²) in [5, 5.41) is 7.29. The minimum atomic E-state index is -5.55. The highest BCUT2D eigenvalue weighted by molar-refractivity contribution is 5.93. The maximum absolute atomic E-state index is 13.2. The standard InChI is InChI=1S/C16H13F7N4O/c1-9-12(24-25-27(9)11-4-2-10(17)3-5-11)13(28)26-7-6-14(8-26,15(18,19)20)16(21,22)23/h2-5H,6-8H2,1H3. The van der Waals surface area contributed by atoms with E-state index >= 15 is 0 Å². The first-order chi connectivity index (χ1) is 12.9.